The first-order valence-electron chi connectivity index (χ1n) is 6.69. The van der Waals surface area contributed by atoms with E-state index in [0.717, 1.165) is 0 Å². The van der Waals surface area contributed by atoms with E-state index in [-0.39, 0.29) is 17.9 Å². The number of nitrogens with zero attached hydrogens (tertiary/aromatic N) is 1. The maximum atomic E-state index is 12.1. The first-order chi connectivity index (χ1) is 10.1. The SMILES string of the molecule is CC(C)NC(=O)c1ccccc1NC(=O)c1cccnc1. The van der Waals surface area contributed by atoms with Crippen molar-refractivity contribution in [2.24, 2.45) is 0 Å². The minimum absolute atomic E-state index is 0.0274. The van der Waals surface area contributed by atoms with E-state index in [0.29, 0.717) is 16.8 Å². The summed E-state index contributed by atoms with van der Waals surface area (Å²) in [5.41, 5.74) is 1.35. The van der Waals surface area contributed by atoms with Crippen LogP contribution in [0.3, 0.4) is 0 Å². The van der Waals surface area contributed by atoms with Gasteiger partial charge in [0.05, 0.1) is 16.8 Å². The van der Waals surface area contributed by atoms with Gasteiger partial charge >= 0.3 is 0 Å². The maximum absolute atomic E-state index is 12.1. The van der Waals surface area contributed by atoms with Gasteiger partial charge in [0.15, 0.2) is 0 Å². The standard InChI is InChI=1S/C16H17N3O2/c1-11(2)18-16(21)13-7-3-4-8-14(13)19-15(20)12-6-5-9-17-10-12/h3-11H,1-2H3,(H,18,21)(H,19,20). The Morgan fingerprint density at radius 3 is 2.48 bits per heavy atom. The van der Waals surface area contributed by atoms with E-state index in [9.17, 15) is 9.59 Å². The van der Waals surface area contributed by atoms with Crippen LogP contribution in [0.2, 0.25) is 0 Å². The lowest BCUT2D eigenvalue weighted by Crippen LogP contribution is -2.31. The Morgan fingerprint density at radius 2 is 1.81 bits per heavy atom. The monoisotopic (exact) mass is 283 g/mol. The van der Waals surface area contributed by atoms with Gasteiger partial charge in [-0.2, -0.15) is 0 Å². The fraction of sp³-hybridized carbons (Fsp3) is 0.188. The number of pyridine rings is 1. The Hall–Kier alpha value is -2.69. The smallest absolute Gasteiger partial charge is 0.257 e. The molecule has 5 nitrogen and oxygen atoms in total. The van der Waals surface area contributed by atoms with Gasteiger partial charge in [0, 0.05) is 18.4 Å². The number of nitrogens with one attached hydrogen (secondary N) is 2. The normalized spacial score (nSPS) is 10.2. The summed E-state index contributed by atoms with van der Waals surface area (Å²) in [7, 11) is 0. The minimum atomic E-state index is -0.298. The molecule has 0 bridgehead atoms. The summed E-state index contributed by atoms with van der Waals surface area (Å²) < 4.78 is 0. The van der Waals surface area contributed by atoms with E-state index in [1.807, 2.05) is 13.8 Å². The molecule has 108 valence electrons. The molecule has 1 heterocycles. The zero-order valence-electron chi connectivity index (χ0n) is 12.0. The van der Waals surface area contributed by atoms with Crippen LogP contribution in [0.25, 0.3) is 0 Å². The summed E-state index contributed by atoms with van der Waals surface area (Å²) in [6, 6.07) is 10.3. The van der Waals surface area contributed by atoms with E-state index in [4.69, 9.17) is 0 Å². The number of carbonyl (C=O) groups excluding carboxylic acids is 2. The molecule has 5 heteroatoms. The number of para-hydroxylation sites is 1. The highest BCUT2D eigenvalue weighted by atomic mass is 16.2. The molecule has 0 aliphatic rings. The van der Waals surface area contributed by atoms with Crippen molar-refractivity contribution < 1.29 is 9.59 Å². The van der Waals surface area contributed by atoms with Crippen LogP contribution < -0.4 is 10.6 Å². The van der Waals surface area contributed by atoms with Gasteiger partial charge < -0.3 is 10.6 Å². The van der Waals surface area contributed by atoms with Crippen LogP contribution in [0.4, 0.5) is 5.69 Å². The fourth-order valence-corrected chi connectivity index (χ4v) is 1.82. The number of hydrogen-bond acceptors (Lipinski definition) is 3. The third-order valence-corrected chi connectivity index (χ3v) is 2.76. The highest BCUT2D eigenvalue weighted by Crippen LogP contribution is 2.16. The Morgan fingerprint density at radius 1 is 1.05 bits per heavy atom. The quantitative estimate of drug-likeness (QED) is 0.905. The highest BCUT2D eigenvalue weighted by Gasteiger charge is 2.14. The molecule has 2 N–H and O–H groups in total. The topological polar surface area (TPSA) is 71.1 Å². The summed E-state index contributed by atoms with van der Waals surface area (Å²) in [4.78, 5) is 28.2. The number of aromatic nitrogens is 1. The molecular formula is C16H17N3O2. The minimum Gasteiger partial charge on any atom is -0.350 e. The zero-order valence-corrected chi connectivity index (χ0v) is 12.0. The summed E-state index contributed by atoms with van der Waals surface area (Å²) in [5, 5.41) is 5.55. The molecule has 1 aromatic carbocycles. The van der Waals surface area contributed by atoms with Gasteiger partial charge in [-0.05, 0) is 38.1 Å². The highest BCUT2D eigenvalue weighted by molar-refractivity contribution is 6.08. The second-order valence-electron chi connectivity index (χ2n) is 4.87. The molecule has 0 aliphatic heterocycles. The maximum Gasteiger partial charge on any atom is 0.257 e. The molecule has 0 aliphatic carbocycles. The van der Waals surface area contributed by atoms with E-state index in [1.165, 1.54) is 6.20 Å². The van der Waals surface area contributed by atoms with Crippen molar-refractivity contribution in [1.29, 1.82) is 0 Å². The van der Waals surface area contributed by atoms with E-state index >= 15 is 0 Å². The number of anilines is 1. The summed E-state index contributed by atoms with van der Waals surface area (Å²) in [5.74, 6) is -0.514. The Balaban J connectivity index is 2.21. The predicted molar refractivity (Wildman–Crippen MR) is 81.2 cm³/mol. The van der Waals surface area contributed by atoms with Crippen LogP contribution in [0.1, 0.15) is 34.6 Å². The molecule has 2 rings (SSSR count). The van der Waals surface area contributed by atoms with Crippen molar-refractivity contribution in [2.75, 3.05) is 5.32 Å². The van der Waals surface area contributed by atoms with Crippen molar-refractivity contribution in [3.63, 3.8) is 0 Å². The van der Waals surface area contributed by atoms with Crippen LogP contribution in [0, 0.1) is 0 Å². The second kappa shape index (κ2) is 6.65. The van der Waals surface area contributed by atoms with Gasteiger partial charge in [0.2, 0.25) is 0 Å². The van der Waals surface area contributed by atoms with Crippen molar-refractivity contribution >= 4 is 17.5 Å². The molecule has 0 saturated heterocycles. The van der Waals surface area contributed by atoms with E-state index < -0.39 is 0 Å². The number of carbonyl (C=O) groups is 2. The molecule has 1 aromatic heterocycles. The van der Waals surface area contributed by atoms with Gasteiger partial charge in [-0.1, -0.05) is 12.1 Å². The molecule has 0 spiro atoms. The number of amides is 2. The van der Waals surface area contributed by atoms with Crippen LogP contribution >= 0.6 is 0 Å². The average Bonchev–Trinajstić information content (AvgIpc) is 2.48. The van der Waals surface area contributed by atoms with Crippen LogP contribution in [0.5, 0.6) is 0 Å². The molecule has 0 fully saturated rings. The first-order valence-corrected chi connectivity index (χ1v) is 6.69. The van der Waals surface area contributed by atoms with Gasteiger partial charge in [-0.3, -0.25) is 14.6 Å². The largest absolute Gasteiger partial charge is 0.350 e. The Kier molecular flexibility index (Phi) is 4.66. The van der Waals surface area contributed by atoms with Gasteiger partial charge in [0.25, 0.3) is 11.8 Å². The predicted octanol–water partition coefficient (Wildman–Crippen LogP) is 2.47. The Labute approximate surface area is 123 Å². The number of rotatable bonds is 4. The fourth-order valence-electron chi connectivity index (χ4n) is 1.82. The molecule has 21 heavy (non-hydrogen) atoms. The molecule has 2 aromatic rings. The summed E-state index contributed by atoms with van der Waals surface area (Å²) >= 11 is 0. The lowest BCUT2D eigenvalue weighted by Gasteiger charge is -2.13. The van der Waals surface area contributed by atoms with Crippen LogP contribution in [0.15, 0.2) is 48.8 Å². The Bertz CT molecular complexity index is 639. The van der Waals surface area contributed by atoms with Crippen LogP contribution in [-0.2, 0) is 0 Å². The lowest BCUT2D eigenvalue weighted by atomic mass is 10.1. The van der Waals surface area contributed by atoms with Gasteiger partial charge in [-0.25, -0.2) is 0 Å². The van der Waals surface area contributed by atoms with Crippen molar-refractivity contribution in [3.05, 3.63) is 59.9 Å². The number of hydrogen-bond donors (Lipinski definition) is 2. The third kappa shape index (κ3) is 3.89. The average molecular weight is 283 g/mol. The van der Waals surface area contributed by atoms with E-state index in [1.54, 1.807) is 42.6 Å². The van der Waals surface area contributed by atoms with Gasteiger partial charge in [0.1, 0.15) is 0 Å². The molecule has 0 unspecified atom stereocenters. The first kappa shape index (κ1) is 14.7. The second-order valence-corrected chi connectivity index (χ2v) is 4.87. The molecule has 0 saturated carbocycles. The molecule has 2 amide bonds. The molecular weight excluding hydrogens is 266 g/mol. The zero-order chi connectivity index (χ0) is 15.2. The van der Waals surface area contributed by atoms with E-state index in [2.05, 4.69) is 15.6 Å². The summed E-state index contributed by atoms with van der Waals surface area (Å²) in [6.07, 6.45) is 3.08. The van der Waals surface area contributed by atoms with Gasteiger partial charge in [-0.15, -0.1) is 0 Å². The van der Waals surface area contributed by atoms with Crippen LogP contribution in [-0.4, -0.2) is 22.8 Å². The molecule has 0 radical (unpaired) electrons. The number of benzene rings is 1. The third-order valence-electron chi connectivity index (χ3n) is 2.76. The van der Waals surface area contributed by atoms with Crippen molar-refractivity contribution in [2.45, 2.75) is 19.9 Å². The summed E-state index contributed by atoms with van der Waals surface area (Å²) in [6.45, 7) is 3.77. The lowest BCUT2D eigenvalue weighted by molar-refractivity contribution is 0.0944. The van der Waals surface area contributed by atoms with Crippen molar-refractivity contribution in [3.8, 4) is 0 Å². The molecule has 0 atom stereocenters. The van der Waals surface area contributed by atoms with Crippen molar-refractivity contribution in [1.82, 2.24) is 10.3 Å².